The van der Waals surface area contributed by atoms with Crippen LogP contribution >= 0.6 is 15.9 Å². The van der Waals surface area contributed by atoms with Crippen LogP contribution in [0.4, 0.5) is 5.82 Å². The highest BCUT2D eigenvalue weighted by molar-refractivity contribution is 9.10. The van der Waals surface area contributed by atoms with E-state index in [2.05, 4.69) is 21.0 Å². The minimum Gasteiger partial charge on any atom is -0.358 e. The van der Waals surface area contributed by atoms with E-state index in [1.807, 2.05) is 0 Å². The van der Waals surface area contributed by atoms with E-state index in [0.717, 1.165) is 12.8 Å². The smallest absolute Gasteiger partial charge is 0.358 e. The molecule has 0 unspecified atom stereocenters. The molecule has 1 aromatic heterocycles. The number of nitrogens with zero attached hydrogens (tertiary/aromatic N) is 3. The monoisotopic (exact) mass is 289 g/mol. The first-order valence-corrected chi connectivity index (χ1v) is 5.67. The van der Waals surface area contributed by atoms with Crippen molar-refractivity contribution in [2.75, 3.05) is 0 Å². The Morgan fingerprint density at radius 2 is 2.31 bits per heavy atom. The van der Waals surface area contributed by atoms with Crippen LogP contribution < -0.4 is 0 Å². The topological polar surface area (TPSA) is 78.0 Å². The highest BCUT2D eigenvalue weighted by Crippen LogP contribution is 2.22. The van der Waals surface area contributed by atoms with Crippen molar-refractivity contribution in [2.45, 2.75) is 32.7 Å². The summed E-state index contributed by atoms with van der Waals surface area (Å²) in [7, 11) is 0. The second-order valence-corrected chi connectivity index (χ2v) is 4.33. The molecule has 0 aliphatic carbocycles. The third kappa shape index (κ3) is 3.73. The summed E-state index contributed by atoms with van der Waals surface area (Å²) in [5.41, 5.74) is 0. The van der Waals surface area contributed by atoms with E-state index < -0.39 is 4.92 Å². The zero-order valence-corrected chi connectivity index (χ0v) is 10.4. The minimum absolute atomic E-state index is 0.160. The van der Waals surface area contributed by atoms with Gasteiger partial charge in [-0.2, -0.15) is 4.68 Å². The first-order valence-electron chi connectivity index (χ1n) is 4.87. The first kappa shape index (κ1) is 12.8. The Morgan fingerprint density at radius 3 is 2.81 bits per heavy atom. The van der Waals surface area contributed by atoms with Gasteiger partial charge >= 0.3 is 5.82 Å². The number of Topliss-reactive ketones (excluding diaryl/α,β-unsaturated/α-hetero) is 1. The van der Waals surface area contributed by atoms with Crippen molar-refractivity contribution in [1.29, 1.82) is 0 Å². The zero-order valence-electron chi connectivity index (χ0n) is 8.85. The summed E-state index contributed by atoms with van der Waals surface area (Å²) in [6.45, 7) is 2.13. The predicted molar refractivity (Wildman–Crippen MR) is 61.1 cm³/mol. The molecule has 0 fully saturated rings. The van der Waals surface area contributed by atoms with Crippen molar-refractivity contribution in [1.82, 2.24) is 9.78 Å². The number of aromatic nitrogens is 2. The Morgan fingerprint density at radius 1 is 1.62 bits per heavy atom. The molecule has 0 amide bonds. The molecular formula is C9H12BrN3O3. The van der Waals surface area contributed by atoms with Crippen molar-refractivity contribution in [3.05, 3.63) is 20.8 Å². The van der Waals surface area contributed by atoms with Crippen LogP contribution in [0.2, 0.25) is 0 Å². The molecule has 0 saturated carbocycles. The summed E-state index contributed by atoms with van der Waals surface area (Å²) in [4.78, 5) is 20.7. The fourth-order valence-electron chi connectivity index (χ4n) is 1.27. The van der Waals surface area contributed by atoms with E-state index in [0.29, 0.717) is 17.4 Å². The van der Waals surface area contributed by atoms with Crippen LogP contribution in [0.15, 0.2) is 10.7 Å². The Bertz CT molecular complexity index is 403. The van der Waals surface area contributed by atoms with Gasteiger partial charge in [0.25, 0.3) is 0 Å². The molecule has 0 bridgehead atoms. The molecule has 0 spiro atoms. The molecular weight excluding hydrogens is 278 g/mol. The molecule has 0 N–H and O–H groups in total. The molecule has 16 heavy (non-hydrogen) atoms. The van der Waals surface area contributed by atoms with Gasteiger partial charge in [-0.05, 0) is 40.6 Å². The molecule has 1 heterocycles. The van der Waals surface area contributed by atoms with Gasteiger partial charge in [-0.15, -0.1) is 0 Å². The fourth-order valence-corrected chi connectivity index (χ4v) is 1.73. The summed E-state index contributed by atoms with van der Waals surface area (Å²) >= 11 is 3.07. The maximum absolute atomic E-state index is 10.7. The lowest BCUT2D eigenvalue weighted by Crippen LogP contribution is -2.00. The molecule has 0 aliphatic rings. The van der Waals surface area contributed by atoms with Crippen molar-refractivity contribution < 1.29 is 9.72 Å². The SMILES string of the molecule is CC(=O)CCCCn1cc(Br)c([N+](=O)[O-])n1. The van der Waals surface area contributed by atoms with Crippen LogP contribution in [-0.4, -0.2) is 20.5 Å². The van der Waals surface area contributed by atoms with E-state index in [9.17, 15) is 14.9 Å². The van der Waals surface area contributed by atoms with Crippen LogP contribution in [0.25, 0.3) is 0 Å². The van der Waals surface area contributed by atoms with Gasteiger partial charge in [-0.3, -0.25) is 0 Å². The molecule has 7 heteroatoms. The summed E-state index contributed by atoms with van der Waals surface area (Å²) in [6.07, 6.45) is 3.68. The summed E-state index contributed by atoms with van der Waals surface area (Å²) in [6, 6.07) is 0. The predicted octanol–water partition coefficient (Wildman–Crippen LogP) is 2.31. The molecule has 0 aliphatic heterocycles. The Balaban J connectivity index is 2.46. The van der Waals surface area contributed by atoms with Gasteiger partial charge in [0.05, 0.1) is 17.8 Å². The van der Waals surface area contributed by atoms with Crippen LogP contribution in [0.5, 0.6) is 0 Å². The van der Waals surface area contributed by atoms with Gasteiger partial charge in [-0.25, -0.2) is 0 Å². The number of unbranched alkanes of at least 4 members (excludes halogenated alkanes) is 1. The lowest BCUT2D eigenvalue weighted by molar-refractivity contribution is -0.390. The van der Waals surface area contributed by atoms with Crippen molar-refractivity contribution >= 4 is 27.5 Å². The van der Waals surface area contributed by atoms with E-state index in [1.165, 1.54) is 4.68 Å². The third-order valence-corrected chi connectivity index (χ3v) is 2.60. The van der Waals surface area contributed by atoms with E-state index in [-0.39, 0.29) is 11.6 Å². The van der Waals surface area contributed by atoms with E-state index >= 15 is 0 Å². The number of rotatable bonds is 6. The van der Waals surface area contributed by atoms with Crippen molar-refractivity contribution in [2.24, 2.45) is 0 Å². The minimum atomic E-state index is -0.532. The van der Waals surface area contributed by atoms with Gasteiger partial charge in [0, 0.05) is 6.42 Å². The van der Waals surface area contributed by atoms with Gasteiger partial charge in [0.1, 0.15) is 10.3 Å². The highest BCUT2D eigenvalue weighted by Gasteiger charge is 2.17. The van der Waals surface area contributed by atoms with Gasteiger partial charge in [-0.1, -0.05) is 0 Å². The number of aryl methyl sites for hydroxylation is 1. The standard InChI is InChI=1S/C9H12BrN3O3/c1-7(14)4-2-3-5-12-6-8(10)9(11-12)13(15)16/h6H,2-5H2,1H3. The average Bonchev–Trinajstić information content (AvgIpc) is 2.54. The Labute approximate surface area is 101 Å². The van der Waals surface area contributed by atoms with Crippen LogP contribution in [-0.2, 0) is 11.3 Å². The normalized spacial score (nSPS) is 10.4. The average molecular weight is 290 g/mol. The van der Waals surface area contributed by atoms with Crippen LogP contribution in [0, 0.1) is 10.1 Å². The Hall–Kier alpha value is -1.24. The molecule has 0 atom stereocenters. The maximum atomic E-state index is 10.7. The van der Waals surface area contributed by atoms with Crippen LogP contribution in [0.3, 0.4) is 0 Å². The van der Waals surface area contributed by atoms with Gasteiger partial charge < -0.3 is 14.9 Å². The summed E-state index contributed by atoms with van der Waals surface area (Å²) in [5.74, 6) is -0.0146. The second-order valence-electron chi connectivity index (χ2n) is 3.48. The summed E-state index contributed by atoms with van der Waals surface area (Å²) < 4.78 is 1.89. The quantitative estimate of drug-likeness (QED) is 0.457. The van der Waals surface area contributed by atoms with E-state index in [1.54, 1.807) is 13.1 Å². The second kappa shape index (κ2) is 5.74. The largest absolute Gasteiger partial charge is 0.404 e. The van der Waals surface area contributed by atoms with E-state index in [4.69, 9.17) is 0 Å². The molecule has 0 radical (unpaired) electrons. The zero-order chi connectivity index (χ0) is 12.1. The number of carbonyl (C=O) groups is 1. The van der Waals surface area contributed by atoms with Gasteiger partial charge in [0.2, 0.25) is 0 Å². The molecule has 88 valence electrons. The lowest BCUT2D eigenvalue weighted by Gasteiger charge is -1.95. The maximum Gasteiger partial charge on any atom is 0.404 e. The number of halogens is 1. The number of hydrogen-bond donors (Lipinski definition) is 0. The fraction of sp³-hybridized carbons (Fsp3) is 0.556. The van der Waals surface area contributed by atoms with Crippen molar-refractivity contribution in [3.63, 3.8) is 0 Å². The molecule has 0 saturated heterocycles. The molecule has 6 nitrogen and oxygen atoms in total. The third-order valence-electron chi connectivity index (χ3n) is 2.04. The summed E-state index contributed by atoms with van der Waals surface area (Å²) in [5, 5.41) is 14.3. The number of nitro groups is 1. The molecule has 0 aromatic carbocycles. The first-order chi connectivity index (χ1) is 7.50. The number of ketones is 1. The van der Waals surface area contributed by atoms with Crippen molar-refractivity contribution in [3.8, 4) is 0 Å². The van der Waals surface area contributed by atoms with Crippen LogP contribution in [0.1, 0.15) is 26.2 Å². The lowest BCUT2D eigenvalue weighted by atomic mass is 10.2. The number of carbonyl (C=O) groups excluding carboxylic acids is 1. The Kier molecular flexibility index (Phi) is 4.60. The van der Waals surface area contributed by atoms with Gasteiger partial charge in [0.15, 0.2) is 0 Å². The molecule has 1 rings (SSSR count). The molecule has 1 aromatic rings. The number of hydrogen-bond acceptors (Lipinski definition) is 4. The highest BCUT2D eigenvalue weighted by atomic mass is 79.9.